The number of rotatable bonds is 3. The average molecular weight is 236 g/mol. The van der Waals surface area contributed by atoms with Gasteiger partial charge in [0.25, 0.3) is 0 Å². The molecule has 1 fully saturated rings. The summed E-state index contributed by atoms with van der Waals surface area (Å²) in [5, 5.41) is 22.6. The molecule has 1 aliphatic heterocycles. The van der Waals surface area contributed by atoms with Crippen molar-refractivity contribution in [2.75, 3.05) is 26.2 Å². The SMILES string of the molecule is CC[C@@H](c1ccc(O)cc1O)N1CCNCC1. The van der Waals surface area contributed by atoms with Gasteiger partial charge in [0.05, 0.1) is 0 Å². The van der Waals surface area contributed by atoms with E-state index in [1.165, 1.54) is 6.07 Å². The van der Waals surface area contributed by atoms with Gasteiger partial charge in [-0.2, -0.15) is 0 Å². The third-order valence-electron chi connectivity index (χ3n) is 3.35. The number of phenolic OH excluding ortho intramolecular Hbond substituents is 2. The number of nitrogens with one attached hydrogen (secondary N) is 1. The highest BCUT2D eigenvalue weighted by atomic mass is 16.3. The Bertz CT molecular complexity index is 376. The van der Waals surface area contributed by atoms with Crippen LogP contribution in [0.25, 0.3) is 0 Å². The van der Waals surface area contributed by atoms with Crippen LogP contribution in [0.3, 0.4) is 0 Å². The molecule has 0 aromatic heterocycles. The summed E-state index contributed by atoms with van der Waals surface area (Å²) in [5.41, 5.74) is 0.909. The molecule has 1 aromatic carbocycles. The first-order valence-electron chi connectivity index (χ1n) is 6.19. The maximum atomic E-state index is 9.92. The molecule has 4 heteroatoms. The van der Waals surface area contributed by atoms with Crippen LogP contribution in [0.2, 0.25) is 0 Å². The highest BCUT2D eigenvalue weighted by Crippen LogP contribution is 2.33. The molecule has 3 N–H and O–H groups in total. The summed E-state index contributed by atoms with van der Waals surface area (Å²) in [6.07, 6.45) is 0.957. The van der Waals surface area contributed by atoms with E-state index in [4.69, 9.17) is 0 Å². The van der Waals surface area contributed by atoms with E-state index in [0.717, 1.165) is 38.2 Å². The van der Waals surface area contributed by atoms with Crippen molar-refractivity contribution in [2.45, 2.75) is 19.4 Å². The molecule has 4 nitrogen and oxygen atoms in total. The largest absolute Gasteiger partial charge is 0.508 e. The normalized spacial score (nSPS) is 19.1. The topological polar surface area (TPSA) is 55.7 Å². The van der Waals surface area contributed by atoms with Crippen LogP contribution in [0.5, 0.6) is 11.5 Å². The Labute approximate surface area is 102 Å². The summed E-state index contributed by atoms with van der Waals surface area (Å²) in [5.74, 6) is 0.303. The van der Waals surface area contributed by atoms with Crippen LogP contribution in [0.1, 0.15) is 24.9 Å². The van der Waals surface area contributed by atoms with Gasteiger partial charge in [-0.15, -0.1) is 0 Å². The average Bonchev–Trinajstić information content (AvgIpc) is 2.34. The quantitative estimate of drug-likeness (QED) is 0.743. The second kappa shape index (κ2) is 5.38. The smallest absolute Gasteiger partial charge is 0.124 e. The van der Waals surface area contributed by atoms with Crippen molar-refractivity contribution in [1.29, 1.82) is 0 Å². The van der Waals surface area contributed by atoms with Crippen molar-refractivity contribution in [3.8, 4) is 11.5 Å². The van der Waals surface area contributed by atoms with Gasteiger partial charge >= 0.3 is 0 Å². The lowest BCUT2D eigenvalue weighted by Crippen LogP contribution is -2.45. The van der Waals surface area contributed by atoms with Gasteiger partial charge in [-0.1, -0.05) is 13.0 Å². The molecule has 17 heavy (non-hydrogen) atoms. The number of nitrogens with zero attached hydrogens (tertiary/aromatic N) is 1. The lowest BCUT2D eigenvalue weighted by molar-refractivity contribution is 0.167. The summed E-state index contributed by atoms with van der Waals surface area (Å²) in [6, 6.07) is 5.11. The maximum absolute atomic E-state index is 9.92. The summed E-state index contributed by atoms with van der Waals surface area (Å²) in [7, 11) is 0. The number of hydrogen-bond donors (Lipinski definition) is 3. The van der Waals surface area contributed by atoms with Gasteiger partial charge in [0, 0.05) is 43.9 Å². The highest BCUT2D eigenvalue weighted by Gasteiger charge is 2.22. The van der Waals surface area contributed by atoms with Crippen LogP contribution < -0.4 is 5.32 Å². The molecule has 1 heterocycles. The first-order chi connectivity index (χ1) is 8.22. The number of benzene rings is 1. The van der Waals surface area contributed by atoms with E-state index in [-0.39, 0.29) is 17.5 Å². The predicted octanol–water partition coefficient (Wildman–Crippen LogP) is 1.45. The van der Waals surface area contributed by atoms with Crippen LogP contribution >= 0.6 is 0 Å². The molecule has 1 atom stereocenters. The molecule has 0 spiro atoms. The minimum Gasteiger partial charge on any atom is -0.508 e. The summed E-state index contributed by atoms with van der Waals surface area (Å²) < 4.78 is 0. The van der Waals surface area contributed by atoms with Crippen LogP contribution in [0, 0.1) is 0 Å². The van der Waals surface area contributed by atoms with Crippen molar-refractivity contribution in [3.63, 3.8) is 0 Å². The number of hydrogen-bond acceptors (Lipinski definition) is 4. The first-order valence-corrected chi connectivity index (χ1v) is 6.19. The lowest BCUT2D eigenvalue weighted by Gasteiger charge is -2.35. The van der Waals surface area contributed by atoms with Crippen molar-refractivity contribution in [2.24, 2.45) is 0 Å². The fourth-order valence-electron chi connectivity index (χ4n) is 2.48. The number of piperazine rings is 1. The van der Waals surface area contributed by atoms with Crippen molar-refractivity contribution >= 4 is 0 Å². The van der Waals surface area contributed by atoms with Crippen molar-refractivity contribution in [3.05, 3.63) is 23.8 Å². The fraction of sp³-hybridized carbons (Fsp3) is 0.538. The Balaban J connectivity index is 2.21. The monoisotopic (exact) mass is 236 g/mol. The van der Waals surface area contributed by atoms with Gasteiger partial charge < -0.3 is 15.5 Å². The summed E-state index contributed by atoms with van der Waals surface area (Å²) in [4.78, 5) is 2.38. The molecule has 0 aliphatic carbocycles. The second-order valence-electron chi connectivity index (χ2n) is 4.45. The predicted molar refractivity (Wildman–Crippen MR) is 67.2 cm³/mol. The van der Waals surface area contributed by atoms with E-state index in [1.54, 1.807) is 6.07 Å². The van der Waals surface area contributed by atoms with Crippen molar-refractivity contribution in [1.82, 2.24) is 10.2 Å². The Morgan fingerprint density at radius 1 is 1.29 bits per heavy atom. The fourth-order valence-corrected chi connectivity index (χ4v) is 2.48. The highest BCUT2D eigenvalue weighted by molar-refractivity contribution is 5.40. The van der Waals surface area contributed by atoms with E-state index in [9.17, 15) is 10.2 Å². The van der Waals surface area contributed by atoms with E-state index in [1.807, 2.05) is 6.07 Å². The molecule has 1 saturated heterocycles. The Hall–Kier alpha value is -1.26. The molecule has 94 valence electrons. The van der Waals surface area contributed by atoms with Crippen LogP contribution in [0.4, 0.5) is 0 Å². The third-order valence-corrected chi connectivity index (χ3v) is 3.35. The maximum Gasteiger partial charge on any atom is 0.124 e. The minimum absolute atomic E-state index is 0.112. The minimum atomic E-state index is 0.112. The molecule has 0 unspecified atom stereocenters. The summed E-state index contributed by atoms with van der Waals surface area (Å²) >= 11 is 0. The standard InChI is InChI=1S/C13H20N2O2/c1-2-12(15-7-5-14-6-8-15)11-4-3-10(16)9-13(11)17/h3-4,9,12,14,16-17H,2,5-8H2,1H3/t12-/m0/s1. The van der Waals surface area contributed by atoms with Crippen LogP contribution in [0.15, 0.2) is 18.2 Å². The molecule has 0 saturated carbocycles. The molecule has 1 aromatic rings. The van der Waals surface area contributed by atoms with Gasteiger partial charge in [-0.05, 0) is 12.5 Å². The van der Waals surface area contributed by atoms with Gasteiger partial charge in [0.1, 0.15) is 11.5 Å². The molecule has 1 aliphatic rings. The van der Waals surface area contributed by atoms with Gasteiger partial charge in [0.15, 0.2) is 0 Å². The van der Waals surface area contributed by atoms with Gasteiger partial charge in [-0.3, -0.25) is 4.90 Å². The van der Waals surface area contributed by atoms with E-state index >= 15 is 0 Å². The second-order valence-corrected chi connectivity index (χ2v) is 4.45. The first kappa shape index (κ1) is 12.2. The molecule has 0 amide bonds. The van der Waals surface area contributed by atoms with Gasteiger partial charge in [0.2, 0.25) is 0 Å². The molecular formula is C13H20N2O2. The molecular weight excluding hydrogens is 216 g/mol. The molecule has 0 radical (unpaired) electrons. The number of phenols is 2. The zero-order chi connectivity index (χ0) is 12.3. The van der Waals surface area contributed by atoms with Gasteiger partial charge in [-0.25, -0.2) is 0 Å². The number of aromatic hydroxyl groups is 2. The Kier molecular flexibility index (Phi) is 3.86. The van der Waals surface area contributed by atoms with E-state index < -0.39 is 0 Å². The Morgan fingerprint density at radius 2 is 2.00 bits per heavy atom. The Morgan fingerprint density at radius 3 is 2.59 bits per heavy atom. The summed E-state index contributed by atoms with van der Waals surface area (Å²) in [6.45, 7) is 6.11. The zero-order valence-corrected chi connectivity index (χ0v) is 10.2. The van der Waals surface area contributed by atoms with Crippen molar-refractivity contribution < 1.29 is 10.2 Å². The van der Waals surface area contributed by atoms with Crippen LogP contribution in [-0.4, -0.2) is 41.3 Å². The van der Waals surface area contributed by atoms with E-state index in [2.05, 4.69) is 17.1 Å². The van der Waals surface area contributed by atoms with Crippen LogP contribution in [-0.2, 0) is 0 Å². The molecule has 2 rings (SSSR count). The zero-order valence-electron chi connectivity index (χ0n) is 10.2. The lowest BCUT2D eigenvalue weighted by atomic mass is 10.0. The third kappa shape index (κ3) is 2.70. The molecule has 0 bridgehead atoms. The van der Waals surface area contributed by atoms with E-state index in [0.29, 0.717) is 0 Å².